The molecule has 1 aliphatic heterocycles. The Labute approximate surface area is 108 Å². The molecule has 5 nitrogen and oxygen atoms in total. The molecule has 1 amide bonds. The first-order valence-corrected chi connectivity index (χ1v) is 6.60. The van der Waals surface area contributed by atoms with Crippen LogP contribution in [0.15, 0.2) is 12.4 Å². The molecule has 2 N–H and O–H groups in total. The molecule has 0 radical (unpaired) electrons. The summed E-state index contributed by atoms with van der Waals surface area (Å²) in [5.41, 5.74) is 7.17. The Morgan fingerprint density at radius 2 is 2.28 bits per heavy atom. The Balaban J connectivity index is 2.24. The molecule has 18 heavy (non-hydrogen) atoms. The van der Waals surface area contributed by atoms with Crippen LogP contribution in [0.4, 0.5) is 0 Å². The molecule has 1 aromatic heterocycles. The van der Waals surface area contributed by atoms with Gasteiger partial charge >= 0.3 is 0 Å². The molecule has 2 atom stereocenters. The van der Waals surface area contributed by atoms with Gasteiger partial charge in [0.25, 0.3) is 0 Å². The summed E-state index contributed by atoms with van der Waals surface area (Å²) in [7, 11) is 0. The minimum absolute atomic E-state index is 0.0137. The molecular weight excluding hydrogens is 228 g/mol. The van der Waals surface area contributed by atoms with Gasteiger partial charge < -0.3 is 10.6 Å². The highest BCUT2D eigenvalue weighted by Crippen LogP contribution is 2.32. The summed E-state index contributed by atoms with van der Waals surface area (Å²) < 4.78 is 1.87. The summed E-state index contributed by atoms with van der Waals surface area (Å²) in [5, 5.41) is 4.28. The van der Waals surface area contributed by atoms with Gasteiger partial charge in [0.15, 0.2) is 0 Å². The number of aromatic nitrogens is 2. The fourth-order valence-electron chi connectivity index (χ4n) is 2.56. The Morgan fingerprint density at radius 1 is 1.56 bits per heavy atom. The van der Waals surface area contributed by atoms with Gasteiger partial charge in [0.05, 0.1) is 12.2 Å². The maximum Gasteiger partial charge on any atom is 0.224 e. The number of carbonyl (C=O) groups is 1. The Morgan fingerprint density at radius 3 is 2.83 bits per heavy atom. The zero-order chi connectivity index (χ0) is 13.3. The molecule has 0 spiro atoms. The van der Waals surface area contributed by atoms with Crippen LogP contribution in [0.5, 0.6) is 0 Å². The molecule has 0 bridgehead atoms. The highest BCUT2D eigenvalue weighted by atomic mass is 16.2. The summed E-state index contributed by atoms with van der Waals surface area (Å²) in [6, 6.07) is -0.133. The van der Waals surface area contributed by atoms with E-state index >= 15 is 0 Å². The van der Waals surface area contributed by atoms with Crippen LogP contribution < -0.4 is 5.73 Å². The van der Waals surface area contributed by atoms with Crippen molar-refractivity contribution in [3.8, 4) is 0 Å². The SMILES string of the molecule is CCn1cc(C2C(N)CC(=O)N2CC(C)C)cn1. The van der Waals surface area contributed by atoms with E-state index in [0.717, 1.165) is 18.7 Å². The highest BCUT2D eigenvalue weighted by Gasteiger charge is 2.39. The van der Waals surface area contributed by atoms with E-state index in [-0.39, 0.29) is 18.0 Å². The predicted octanol–water partition coefficient (Wildman–Crippen LogP) is 1.16. The number of rotatable bonds is 4. The van der Waals surface area contributed by atoms with Gasteiger partial charge in [0, 0.05) is 37.3 Å². The van der Waals surface area contributed by atoms with Crippen LogP contribution in [0.3, 0.4) is 0 Å². The van der Waals surface area contributed by atoms with E-state index in [9.17, 15) is 4.79 Å². The van der Waals surface area contributed by atoms with E-state index in [1.165, 1.54) is 0 Å². The maximum atomic E-state index is 12.0. The van der Waals surface area contributed by atoms with Crippen molar-refractivity contribution >= 4 is 5.91 Å². The van der Waals surface area contributed by atoms with Crippen molar-refractivity contribution in [1.82, 2.24) is 14.7 Å². The molecule has 0 aromatic carbocycles. The number of amides is 1. The molecule has 2 unspecified atom stereocenters. The molecular formula is C13H22N4O. The first-order valence-electron chi connectivity index (χ1n) is 6.60. The molecule has 2 rings (SSSR count). The topological polar surface area (TPSA) is 64.2 Å². The quantitative estimate of drug-likeness (QED) is 0.872. The number of carbonyl (C=O) groups excluding carboxylic acids is 1. The van der Waals surface area contributed by atoms with Gasteiger partial charge in [-0.15, -0.1) is 0 Å². The molecule has 1 aliphatic rings. The van der Waals surface area contributed by atoms with Crippen molar-refractivity contribution in [2.75, 3.05) is 6.54 Å². The van der Waals surface area contributed by atoms with Crippen LogP contribution >= 0.6 is 0 Å². The third-order valence-electron chi connectivity index (χ3n) is 3.35. The number of aryl methyl sites for hydroxylation is 1. The Bertz CT molecular complexity index is 426. The average Bonchev–Trinajstić information content (AvgIpc) is 2.84. The molecule has 1 saturated heterocycles. The van der Waals surface area contributed by atoms with Crippen LogP contribution in [0, 0.1) is 5.92 Å². The first-order chi connectivity index (χ1) is 8.52. The van der Waals surface area contributed by atoms with Crippen molar-refractivity contribution in [3.63, 3.8) is 0 Å². The van der Waals surface area contributed by atoms with Crippen LogP contribution in [0.25, 0.3) is 0 Å². The van der Waals surface area contributed by atoms with Gasteiger partial charge in [-0.2, -0.15) is 5.10 Å². The van der Waals surface area contributed by atoms with E-state index in [1.807, 2.05) is 28.9 Å². The van der Waals surface area contributed by atoms with Gasteiger partial charge in [0.1, 0.15) is 0 Å². The number of hydrogen-bond donors (Lipinski definition) is 1. The molecule has 0 aliphatic carbocycles. The molecule has 1 fully saturated rings. The third kappa shape index (κ3) is 2.41. The largest absolute Gasteiger partial charge is 0.334 e. The van der Waals surface area contributed by atoms with Gasteiger partial charge in [-0.3, -0.25) is 9.48 Å². The summed E-state index contributed by atoms with van der Waals surface area (Å²) in [5.74, 6) is 0.605. The van der Waals surface area contributed by atoms with E-state index in [1.54, 1.807) is 0 Å². The lowest BCUT2D eigenvalue weighted by molar-refractivity contribution is -0.129. The maximum absolute atomic E-state index is 12.0. The first kappa shape index (κ1) is 13.1. The van der Waals surface area contributed by atoms with Crippen molar-refractivity contribution in [2.45, 2.75) is 45.8 Å². The number of likely N-dealkylation sites (tertiary alicyclic amines) is 1. The number of nitrogens with zero attached hydrogens (tertiary/aromatic N) is 3. The molecule has 1 aromatic rings. The van der Waals surface area contributed by atoms with Gasteiger partial charge in [-0.05, 0) is 12.8 Å². The smallest absolute Gasteiger partial charge is 0.224 e. The predicted molar refractivity (Wildman–Crippen MR) is 69.8 cm³/mol. The minimum atomic E-state index is -0.120. The zero-order valence-corrected chi connectivity index (χ0v) is 11.3. The normalized spacial score (nSPS) is 24.3. The summed E-state index contributed by atoms with van der Waals surface area (Å²) in [4.78, 5) is 13.9. The zero-order valence-electron chi connectivity index (χ0n) is 11.3. The lowest BCUT2D eigenvalue weighted by Crippen LogP contribution is -2.35. The molecule has 2 heterocycles. The van der Waals surface area contributed by atoms with Crippen LogP contribution in [0.2, 0.25) is 0 Å². The highest BCUT2D eigenvalue weighted by molar-refractivity contribution is 5.80. The fourth-order valence-corrected chi connectivity index (χ4v) is 2.56. The second-order valence-corrected chi connectivity index (χ2v) is 5.38. The summed E-state index contributed by atoms with van der Waals surface area (Å²) >= 11 is 0. The van der Waals surface area contributed by atoms with Crippen LogP contribution in [-0.2, 0) is 11.3 Å². The lowest BCUT2D eigenvalue weighted by Gasteiger charge is -2.27. The second-order valence-electron chi connectivity index (χ2n) is 5.38. The van der Waals surface area contributed by atoms with E-state index in [0.29, 0.717) is 12.3 Å². The van der Waals surface area contributed by atoms with Crippen LogP contribution in [-0.4, -0.2) is 33.2 Å². The summed E-state index contributed by atoms with van der Waals surface area (Å²) in [6.45, 7) is 7.87. The van der Waals surface area contributed by atoms with Gasteiger partial charge in [-0.25, -0.2) is 0 Å². The van der Waals surface area contributed by atoms with Crippen molar-refractivity contribution in [1.29, 1.82) is 0 Å². The van der Waals surface area contributed by atoms with E-state index < -0.39 is 0 Å². The monoisotopic (exact) mass is 250 g/mol. The fraction of sp³-hybridized carbons (Fsp3) is 0.692. The van der Waals surface area contributed by atoms with Gasteiger partial charge in [0.2, 0.25) is 5.91 Å². The third-order valence-corrected chi connectivity index (χ3v) is 3.35. The van der Waals surface area contributed by atoms with Crippen molar-refractivity contribution < 1.29 is 4.79 Å². The van der Waals surface area contributed by atoms with Crippen molar-refractivity contribution in [2.24, 2.45) is 11.7 Å². The lowest BCUT2D eigenvalue weighted by atomic mass is 10.0. The average molecular weight is 250 g/mol. The molecule has 100 valence electrons. The molecule has 0 saturated carbocycles. The second kappa shape index (κ2) is 5.10. The summed E-state index contributed by atoms with van der Waals surface area (Å²) in [6.07, 6.45) is 4.27. The van der Waals surface area contributed by atoms with E-state index in [4.69, 9.17) is 5.73 Å². The van der Waals surface area contributed by atoms with Gasteiger partial charge in [-0.1, -0.05) is 13.8 Å². The Hall–Kier alpha value is -1.36. The Kier molecular flexibility index (Phi) is 3.71. The number of hydrogen-bond acceptors (Lipinski definition) is 3. The number of nitrogens with two attached hydrogens (primary N) is 1. The molecule has 5 heteroatoms. The van der Waals surface area contributed by atoms with Crippen molar-refractivity contribution in [3.05, 3.63) is 18.0 Å². The standard InChI is InChI=1S/C13H22N4O/c1-4-16-8-10(6-15-16)13-11(14)5-12(18)17(13)7-9(2)3/h6,8-9,11,13H,4-5,7,14H2,1-3H3. The minimum Gasteiger partial charge on any atom is -0.334 e. The van der Waals surface area contributed by atoms with Crippen LogP contribution in [0.1, 0.15) is 38.8 Å². The van der Waals surface area contributed by atoms with E-state index in [2.05, 4.69) is 18.9 Å².